The molecule has 0 aliphatic heterocycles. The van der Waals surface area contributed by atoms with Crippen LogP contribution in [0.25, 0.3) is 0 Å². The van der Waals surface area contributed by atoms with Crippen molar-refractivity contribution in [1.29, 1.82) is 0 Å². The molecule has 0 saturated carbocycles. The van der Waals surface area contributed by atoms with E-state index in [1.165, 1.54) is 18.2 Å². The Hall–Kier alpha value is -2.12. The summed E-state index contributed by atoms with van der Waals surface area (Å²) in [6.07, 6.45) is 6.56. The smallest absolute Gasteiger partial charge is 0.350 e. The van der Waals surface area contributed by atoms with Gasteiger partial charge in [-0.2, -0.15) is 0 Å². The minimum Gasteiger partial charge on any atom is -0.459 e. The highest BCUT2D eigenvalue weighted by Gasteiger charge is 2.27. The van der Waals surface area contributed by atoms with Gasteiger partial charge in [0.2, 0.25) is 9.84 Å². The van der Waals surface area contributed by atoms with E-state index in [-0.39, 0.29) is 18.1 Å². The lowest BCUT2D eigenvalue weighted by atomic mass is 10.2. The number of esters is 1. The Labute approximate surface area is 175 Å². The third-order valence-corrected chi connectivity index (χ3v) is 6.06. The van der Waals surface area contributed by atoms with Gasteiger partial charge < -0.3 is 14.4 Å². The van der Waals surface area contributed by atoms with Gasteiger partial charge in [-0.05, 0) is 57.7 Å². The highest BCUT2D eigenvalue weighted by molar-refractivity contribution is 7.96. The number of aryl methyl sites for hydroxylation is 1. The quantitative estimate of drug-likeness (QED) is 0.208. The van der Waals surface area contributed by atoms with Crippen LogP contribution in [0.5, 0.6) is 0 Å². The highest BCUT2D eigenvalue weighted by atomic mass is 32.2. The molecule has 0 N–H and O–H groups in total. The van der Waals surface area contributed by atoms with Crippen molar-refractivity contribution >= 4 is 15.8 Å². The van der Waals surface area contributed by atoms with Crippen LogP contribution in [0.1, 0.15) is 39.2 Å². The van der Waals surface area contributed by atoms with E-state index in [9.17, 15) is 13.2 Å². The van der Waals surface area contributed by atoms with Crippen molar-refractivity contribution in [3.8, 4) is 0 Å². The van der Waals surface area contributed by atoms with Crippen LogP contribution >= 0.6 is 0 Å². The Kier molecular flexibility index (Phi) is 11.3. The lowest BCUT2D eigenvalue weighted by Gasteiger charge is -2.14. The van der Waals surface area contributed by atoms with Crippen LogP contribution < -0.4 is 0 Å². The molecule has 162 valence electrons. The first kappa shape index (κ1) is 24.9. The van der Waals surface area contributed by atoms with E-state index < -0.39 is 20.7 Å². The summed E-state index contributed by atoms with van der Waals surface area (Å²) in [5.74, 6) is -0.881. The summed E-state index contributed by atoms with van der Waals surface area (Å²) in [7, 11) is -4.00. The van der Waals surface area contributed by atoms with Gasteiger partial charge in [0.15, 0.2) is 4.91 Å². The number of carbonyl (C=O) groups excluding carboxylic acids is 1. The van der Waals surface area contributed by atoms with E-state index in [1.54, 1.807) is 24.4 Å². The molecule has 1 aromatic rings. The van der Waals surface area contributed by atoms with E-state index in [1.807, 2.05) is 25.7 Å². The Morgan fingerprint density at radius 1 is 1.03 bits per heavy atom. The van der Waals surface area contributed by atoms with Gasteiger partial charge in [-0.15, -0.1) is 0 Å². The van der Waals surface area contributed by atoms with Crippen LogP contribution in [0.15, 0.2) is 52.4 Å². The highest BCUT2D eigenvalue weighted by Crippen LogP contribution is 2.21. The second kappa shape index (κ2) is 13.2. The number of ether oxygens (including phenoxy) is 2. The lowest BCUT2D eigenvalue weighted by molar-refractivity contribution is -0.139. The summed E-state index contributed by atoms with van der Waals surface area (Å²) in [6.45, 7) is 10.3. The number of hydrogen-bond donors (Lipinski definition) is 0. The second-order valence-corrected chi connectivity index (χ2v) is 8.43. The van der Waals surface area contributed by atoms with Crippen molar-refractivity contribution in [3.63, 3.8) is 0 Å². The number of benzene rings is 1. The molecule has 0 heterocycles. The second-order valence-electron chi connectivity index (χ2n) is 6.51. The molecule has 1 aromatic carbocycles. The predicted molar refractivity (Wildman–Crippen MR) is 115 cm³/mol. The van der Waals surface area contributed by atoms with E-state index in [2.05, 4.69) is 6.92 Å². The summed E-state index contributed by atoms with van der Waals surface area (Å²) >= 11 is 0. The summed E-state index contributed by atoms with van der Waals surface area (Å²) in [5.41, 5.74) is 0.933. The summed E-state index contributed by atoms with van der Waals surface area (Å²) < 4.78 is 36.6. The molecule has 0 atom stereocenters. The van der Waals surface area contributed by atoms with Crippen LogP contribution in [0.3, 0.4) is 0 Å². The Balaban J connectivity index is 3.02. The minimum atomic E-state index is -4.00. The number of allylic oxidation sites excluding steroid dienone is 2. The van der Waals surface area contributed by atoms with E-state index in [0.29, 0.717) is 6.61 Å². The van der Waals surface area contributed by atoms with Gasteiger partial charge in [0.05, 0.1) is 11.5 Å². The molecule has 6 nitrogen and oxygen atoms in total. The molecule has 0 saturated heterocycles. The molecule has 0 aliphatic carbocycles. The van der Waals surface area contributed by atoms with Crippen LogP contribution in [0.4, 0.5) is 0 Å². The Morgan fingerprint density at radius 3 is 2.28 bits per heavy atom. The molecule has 0 amide bonds. The number of nitrogens with zero attached hydrogens (tertiary/aromatic N) is 1. The Morgan fingerprint density at radius 2 is 1.69 bits per heavy atom. The average Bonchev–Trinajstić information content (AvgIpc) is 2.70. The van der Waals surface area contributed by atoms with Gasteiger partial charge in [0.1, 0.15) is 6.61 Å². The molecule has 1 rings (SSSR count). The summed E-state index contributed by atoms with van der Waals surface area (Å²) in [4.78, 5) is 14.2. The number of carbonyl (C=O) groups is 1. The zero-order chi connectivity index (χ0) is 21.7. The van der Waals surface area contributed by atoms with Gasteiger partial charge in [-0.3, -0.25) is 0 Å². The maximum absolute atomic E-state index is 13.0. The zero-order valence-corrected chi connectivity index (χ0v) is 18.7. The van der Waals surface area contributed by atoms with E-state index in [4.69, 9.17) is 9.47 Å². The molecule has 0 fully saturated rings. The predicted octanol–water partition coefficient (Wildman–Crippen LogP) is 3.87. The molecule has 0 unspecified atom stereocenters. The first-order valence-electron chi connectivity index (χ1n) is 10.1. The van der Waals surface area contributed by atoms with Crippen molar-refractivity contribution in [1.82, 2.24) is 4.90 Å². The summed E-state index contributed by atoms with van der Waals surface area (Å²) in [5, 5.41) is 0. The number of hydrogen-bond acceptors (Lipinski definition) is 6. The van der Waals surface area contributed by atoms with Crippen LogP contribution in [-0.2, 0) is 24.1 Å². The van der Waals surface area contributed by atoms with Gasteiger partial charge in [-0.25, -0.2) is 13.2 Å². The molecule has 0 aliphatic rings. The molecule has 0 aromatic heterocycles. The fourth-order valence-electron chi connectivity index (χ4n) is 2.41. The summed E-state index contributed by atoms with van der Waals surface area (Å²) in [6, 6.07) is 6.38. The minimum absolute atomic E-state index is 0.00304. The van der Waals surface area contributed by atoms with Gasteiger partial charge in [-0.1, -0.05) is 31.0 Å². The molecular weight excluding hydrogens is 390 g/mol. The van der Waals surface area contributed by atoms with E-state index in [0.717, 1.165) is 31.5 Å². The largest absolute Gasteiger partial charge is 0.459 e. The molecule has 29 heavy (non-hydrogen) atoms. The SMILES string of the molecule is CCCCOCCOC(=O)C(=CC=CN(CC)CC)S(=O)(=O)c1ccc(C)cc1. The molecule has 0 spiro atoms. The average molecular weight is 424 g/mol. The third-order valence-electron chi connectivity index (χ3n) is 4.28. The van der Waals surface area contributed by atoms with Crippen molar-refractivity contribution in [3.05, 3.63) is 53.1 Å². The topological polar surface area (TPSA) is 72.9 Å². The third kappa shape index (κ3) is 8.41. The van der Waals surface area contributed by atoms with Gasteiger partial charge in [0.25, 0.3) is 0 Å². The maximum atomic E-state index is 13.0. The van der Waals surface area contributed by atoms with Crippen molar-refractivity contribution in [2.75, 3.05) is 32.9 Å². The lowest BCUT2D eigenvalue weighted by Crippen LogP contribution is -2.19. The van der Waals surface area contributed by atoms with E-state index >= 15 is 0 Å². The first-order chi connectivity index (χ1) is 13.9. The standard InChI is InChI=1S/C22H33NO5S/c1-5-8-16-27-17-18-28-22(24)21(10-9-15-23(6-2)7-3)29(25,26)20-13-11-19(4)12-14-20/h9-15H,5-8,16-18H2,1-4H3. The molecule has 0 bridgehead atoms. The van der Waals surface area contributed by atoms with Crippen LogP contribution in [0, 0.1) is 6.92 Å². The molecule has 0 radical (unpaired) electrons. The molecular formula is C22H33NO5S. The molecule has 7 heteroatoms. The van der Waals surface area contributed by atoms with Crippen molar-refractivity contribution in [2.45, 2.75) is 45.4 Å². The van der Waals surface area contributed by atoms with Crippen molar-refractivity contribution < 1.29 is 22.7 Å². The fourth-order valence-corrected chi connectivity index (χ4v) is 3.70. The fraction of sp³-hybridized carbons (Fsp3) is 0.500. The van der Waals surface area contributed by atoms with Crippen LogP contribution in [-0.4, -0.2) is 52.2 Å². The number of rotatable bonds is 13. The zero-order valence-electron chi connectivity index (χ0n) is 17.9. The Bertz CT molecular complexity index is 778. The number of unbranched alkanes of at least 4 members (excludes halogenated alkanes) is 1. The normalized spacial score (nSPS) is 12.3. The van der Waals surface area contributed by atoms with Crippen molar-refractivity contribution in [2.24, 2.45) is 0 Å². The monoisotopic (exact) mass is 423 g/mol. The maximum Gasteiger partial charge on any atom is 0.350 e. The van der Waals surface area contributed by atoms with Gasteiger partial charge >= 0.3 is 5.97 Å². The number of sulfone groups is 1. The van der Waals surface area contributed by atoms with Gasteiger partial charge in [0, 0.05) is 19.7 Å². The van der Waals surface area contributed by atoms with Crippen LogP contribution in [0.2, 0.25) is 0 Å². The first-order valence-corrected chi connectivity index (χ1v) is 11.5.